The Morgan fingerprint density at radius 1 is 1.29 bits per heavy atom. The summed E-state index contributed by atoms with van der Waals surface area (Å²) in [5, 5.41) is 8.69. The lowest BCUT2D eigenvalue weighted by atomic mass is 10.0. The second-order valence-corrected chi connectivity index (χ2v) is 8.26. The lowest BCUT2D eigenvalue weighted by molar-refractivity contribution is -0.124. The van der Waals surface area contributed by atoms with Crippen LogP contribution in [0.25, 0.3) is 28.5 Å². The van der Waals surface area contributed by atoms with Crippen molar-refractivity contribution in [3.63, 3.8) is 0 Å². The van der Waals surface area contributed by atoms with E-state index in [2.05, 4.69) is 23.3 Å². The molecule has 0 radical (unpaired) electrons. The number of carbonyl (C=O) groups is 1. The minimum Gasteiger partial charge on any atom is -0.320 e. The van der Waals surface area contributed by atoms with E-state index in [1.54, 1.807) is 11.6 Å². The van der Waals surface area contributed by atoms with Crippen LogP contribution in [0.5, 0.6) is 0 Å². The van der Waals surface area contributed by atoms with Crippen molar-refractivity contribution in [3.05, 3.63) is 59.9 Å². The van der Waals surface area contributed by atoms with Crippen molar-refractivity contribution in [2.45, 2.75) is 38.8 Å². The fourth-order valence-electron chi connectivity index (χ4n) is 4.30. The van der Waals surface area contributed by atoms with Gasteiger partial charge in [0.05, 0.1) is 11.0 Å². The molecule has 0 aliphatic carbocycles. The summed E-state index contributed by atoms with van der Waals surface area (Å²) in [5.41, 5.74) is 4.84. The van der Waals surface area contributed by atoms with Gasteiger partial charge in [0.2, 0.25) is 0 Å². The lowest BCUT2D eigenvalue weighted by Gasteiger charge is -2.36. The Kier molecular flexibility index (Phi) is 6.15. The minimum atomic E-state index is -0.593. The molecule has 162 valence electrons. The first-order valence-electron chi connectivity index (χ1n) is 10.6. The van der Waals surface area contributed by atoms with E-state index >= 15 is 0 Å². The zero-order valence-electron chi connectivity index (χ0n) is 17.8. The maximum atomic E-state index is 13.9. The SMILES string of the molecule is CC(C)N1CCC[C@@H](n2c(-c3cccc(C=CC(=O)NO)c3)nc3cc(F)ccc32)C1. The average Bonchev–Trinajstić information content (AvgIpc) is 3.16. The minimum absolute atomic E-state index is 0.237. The zero-order valence-corrected chi connectivity index (χ0v) is 17.8. The highest BCUT2D eigenvalue weighted by molar-refractivity contribution is 5.91. The molecule has 1 aliphatic rings. The molecule has 1 fully saturated rings. The highest BCUT2D eigenvalue weighted by Gasteiger charge is 2.27. The molecule has 2 heterocycles. The zero-order chi connectivity index (χ0) is 22.0. The Labute approximate surface area is 181 Å². The normalized spacial score (nSPS) is 17.6. The van der Waals surface area contributed by atoms with Gasteiger partial charge >= 0.3 is 0 Å². The van der Waals surface area contributed by atoms with E-state index < -0.39 is 5.91 Å². The van der Waals surface area contributed by atoms with Gasteiger partial charge in [-0.05, 0) is 63.1 Å². The number of hydrogen-bond donors (Lipinski definition) is 2. The van der Waals surface area contributed by atoms with Gasteiger partial charge in [0.15, 0.2) is 0 Å². The Morgan fingerprint density at radius 3 is 2.90 bits per heavy atom. The molecule has 0 unspecified atom stereocenters. The van der Waals surface area contributed by atoms with E-state index in [0.29, 0.717) is 11.6 Å². The number of nitrogens with one attached hydrogen (secondary N) is 1. The molecule has 0 bridgehead atoms. The molecule has 1 atom stereocenters. The summed E-state index contributed by atoms with van der Waals surface area (Å²) in [4.78, 5) is 18.6. The monoisotopic (exact) mass is 422 g/mol. The van der Waals surface area contributed by atoms with Crippen LogP contribution in [0.15, 0.2) is 48.5 Å². The number of hydrogen-bond acceptors (Lipinski definition) is 4. The van der Waals surface area contributed by atoms with Gasteiger partial charge in [-0.25, -0.2) is 14.9 Å². The smallest absolute Gasteiger partial charge is 0.267 e. The summed E-state index contributed by atoms with van der Waals surface area (Å²) in [5.74, 6) is -0.106. The van der Waals surface area contributed by atoms with E-state index in [-0.39, 0.29) is 11.9 Å². The quantitative estimate of drug-likeness (QED) is 0.363. The lowest BCUT2D eigenvalue weighted by Crippen LogP contribution is -2.40. The summed E-state index contributed by atoms with van der Waals surface area (Å²) in [7, 11) is 0. The van der Waals surface area contributed by atoms with Gasteiger partial charge in [0, 0.05) is 36.3 Å². The van der Waals surface area contributed by atoms with Gasteiger partial charge in [-0.2, -0.15) is 0 Å². The molecule has 1 aliphatic heterocycles. The number of nitrogens with zero attached hydrogens (tertiary/aromatic N) is 3. The van der Waals surface area contributed by atoms with Crippen LogP contribution in [0, 0.1) is 5.82 Å². The average molecular weight is 423 g/mol. The largest absolute Gasteiger partial charge is 0.320 e. The molecule has 0 saturated carbocycles. The fraction of sp³-hybridized carbons (Fsp3) is 0.333. The third-order valence-corrected chi connectivity index (χ3v) is 5.86. The van der Waals surface area contributed by atoms with Crippen molar-refractivity contribution >= 4 is 23.0 Å². The molecule has 1 saturated heterocycles. The van der Waals surface area contributed by atoms with Gasteiger partial charge in [-0.1, -0.05) is 18.2 Å². The van der Waals surface area contributed by atoms with Crippen LogP contribution < -0.4 is 5.48 Å². The Bertz CT molecular complexity index is 1120. The number of fused-ring (bicyclic) bond motifs is 1. The van der Waals surface area contributed by atoms with E-state index in [4.69, 9.17) is 10.2 Å². The van der Waals surface area contributed by atoms with E-state index in [9.17, 15) is 9.18 Å². The van der Waals surface area contributed by atoms with Gasteiger partial charge in [-0.3, -0.25) is 14.9 Å². The molecular formula is C24H27FN4O2. The number of piperidine rings is 1. The van der Waals surface area contributed by atoms with Crippen LogP contribution in [0.1, 0.15) is 38.3 Å². The summed E-state index contributed by atoms with van der Waals surface area (Å²) in [6, 6.07) is 13.2. The molecule has 4 rings (SSSR count). The van der Waals surface area contributed by atoms with Crippen LogP contribution in [0.4, 0.5) is 4.39 Å². The van der Waals surface area contributed by atoms with Crippen LogP contribution in [0.3, 0.4) is 0 Å². The molecule has 2 aromatic carbocycles. The maximum absolute atomic E-state index is 13.9. The molecule has 31 heavy (non-hydrogen) atoms. The van der Waals surface area contributed by atoms with Crippen molar-refractivity contribution in [1.29, 1.82) is 0 Å². The predicted octanol–water partition coefficient (Wildman–Crippen LogP) is 4.41. The highest BCUT2D eigenvalue weighted by Crippen LogP contribution is 2.33. The van der Waals surface area contributed by atoms with Crippen LogP contribution in [-0.4, -0.2) is 44.7 Å². The van der Waals surface area contributed by atoms with E-state index in [1.807, 2.05) is 30.3 Å². The number of amides is 1. The molecule has 6 nitrogen and oxygen atoms in total. The van der Waals surface area contributed by atoms with Crippen LogP contribution in [0.2, 0.25) is 0 Å². The molecule has 0 spiro atoms. The van der Waals surface area contributed by atoms with Crippen molar-refractivity contribution in [2.75, 3.05) is 13.1 Å². The first-order valence-corrected chi connectivity index (χ1v) is 10.6. The third-order valence-electron chi connectivity index (χ3n) is 5.86. The number of likely N-dealkylation sites (tertiary alicyclic amines) is 1. The molecule has 1 amide bonds. The number of hydroxylamine groups is 1. The first-order chi connectivity index (χ1) is 15.0. The molecule has 2 N–H and O–H groups in total. The Morgan fingerprint density at radius 2 is 2.13 bits per heavy atom. The van der Waals surface area contributed by atoms with E-state index in [0.717, 1.165) is 48.4 Å². The summed E-state index contributed by atoms with van der Waals surface area (Å²) in [6.07, 6.45) is 5.03. The maximum Gasteiger partial charge on any atom is 0.267 e. The summed E-state index contributed by atoms with van der Waals surface area (Å²) >= 11 is 0. The Hall–Kier alpha value is -3.03. The molecule has 1 aromatic heterocycles. The van der Waals surface area contributed by atoms with Crippen molar-refractivity contribution < 1.29 is 14.4 Å². The summed E-state index contributed by atoms with van der Waals surface area (Å²) in [6.45, 7) is 6.42. The molecule has 3 aromatic rings. The standard InChI is InChI=1S/C24H27FN4O2/c1-16(2)28-12-4-7-20(15-28)29-22-10-9-19(25)14-21(22)26-24(29)18-6-3-5-17(13-18)8-11-23(30)27-31/h3,5-6,8-11,13-14,16,20,31H,4,7,12,15H2,1-2H3,(H,27,30)/t20-/m1/s1. The number of imidazole rings is 1. The van der Waals surface area contributed by atoms with Crippen LogP contribution in [-0.2, 0) is 4.79 Å². The number of carbonyl (C=O) groups excluding carboxylic acids is 1. The number of halogens is 1. The van der Waals surface area contributed by atoms with Gasteiger partial charge in [0.1, 0.15) is 11.6 Å². The van der Waals surface area contributed by atoms with Gasteiger partial charge in [-0.15, -0.1) is 0 Å². The third kappa shape index (κ3) is 4.52. The number of rotatable bonds is 5. The Balaban J connectivity index is 1.80. The number of aromatic nitrogens is 2. The van der Waals surface area contributed by atoms with Gasteiger partial charge < -0.3 is 4.57 Å². The number of benzene rings is 2. The highest BCUT2D eigenvalue weighted by atomic mass is 19.1. The summed E-state index contributed by atoms with van der Waals surface area (Å²) < 4.78 is 16.2. The van der Waals surface area contributed by atoms with Crippen molar-refractivity contribution in [1.82, 2.24) is 19.9 Å². The topological polar surface area (TPSA) is 70.4 Å². The molecular weight excluding hydrogens is 395 g/mol. The first kappa shape index (κ1) is 21.2. The second kappa shape index (κ2) is 8.99. The predicted molar refractivity (Wildman–Crippen MR) is 119 cm³/mol. The van der Waals surface area contributed by atoms with Crippen molar-refractivity contribution in [2.24, 2.45) is 0 Å². The molecule has 7 heteroatoms. The van der Waals surface area contributed by atoms with Crippen molar-refractivity contribution in [3.8, 4) is 11.4 Å². The van der Waals surface area contributed by atoms with Gasteiger partial charge in [0.25, 0.3) is 5.91 Å². The second-order valence-electron chi connectivity index (χ2n) is 8.26. The van der Waals surface area contributed by atoms with E-state index in [1.165, 1.54) is 18.2 Å². The fourth-order valence-corrected chi connectivity index (χ4v) is 4.30. The van der Waals surface area contributed by atoms with Crippen LogP contribution >= 0.6 is 0 Å².